The Bertz CT molecular complexity index is 1060. The number of para-hydroxylation sites is 3. The van der Waals surface area contributed by atoms with Gasteiger partial charge in [0.1, 0.15) is 0 Å². The molecule has 2 heterocycles. The SMILES string of the molecule is CCc1cccc(C)c1NC(=O)C1CCN(c2nc3ccccc3nc2OC)CC1. The minimum Gasteiger partial charge on any atom is -0.478 e. The lowest BCUT2D eigenvalue weighted by atomic mass is 9.95. The van der Waals surface area contributed by atoms with Gasteiger partial charge >= 0.3 is 0 Å². The summed E-state index contributed by atoms with van der Waals surface area (Å²) in [5, 5.41) is 3.19. The Labute approximate surface area is 177 Å². The predicted octanol–water partition coefficient (Wildman–Crippen LogP) is 4.36. The maximum absolute atomic E-state index is 12.9. The molecule has 156 valence electrons. The number of ether oxygens (including phenoxy) is 1. The van der Waals surface area contributed by atoms with Gasteiger partial charge in [-0.1, -0.05) is 37.3 Å². The van der Waals surface area contributed by atoms with Gasteiger partial charge in [-0.2, -0.15) is 0 Å². The second-order valence-corrected chi connectivity index (χ2v) is 7.76. The Morgan fingerprint density at radius 1 is 1.10 bits per heavy atom. The lowest BCUT2D eigenvalue weighted by Crippen LogP contribution is -2.39. The predicted molar refractivity (Wildman–Crippen MR) is 120 cm³/mol. The molecule has 1 aromatic heterocycles. The van der Waals surface area contributed by atoms with Crippen LogP contribution < -0.4 is 15.0 Å². The Balaban J connectivity index is 1.47. The number of nitrogens with zero attached hydrogens (tertiary/aromatic N) is 3. The number of carbonyl (C=O) groups excluding carboxylic acids is 1. The Morgan fingerprint density at radius 2 is 1.80 bits per heavy atom. The summed E-state index contributed by atoms with van der Waals surface area (Å²) in [5.74, 6) is 1.38. The van der Waals surface area contributed by atoms with Crippen molar-refractivity contribution >= 4 is 28.4 Å². The fraction of sp³-hybridized carbons (Fsp3) is 0.375. The number of hydrogen-bond acceptors (Lipinski definition) is 5. The van der Waals surface area contributed by atoms with Gasteiger partial charge in [0.05, 0.1) is 18.1 Å². The van der Waals surface area contributed by atoms with E-state index in [9.17, 15) is 4.79 Å². The number of rotatable bonds is 5. The first-order valence-corrected chi connectivity index (χ1v) is 10.6. The fourth-order valence-corrected chi connectivity index (χ4v) is 4.10. The molecule has 3 aromatic rings. The van der Waals surface area contributed by atoms with Crippen molar-refractivity contribution in [3.63, 3.8) is 0 Å². The molecule has 1 aliphatic rings. The van der Waals surface area contributed by atoms with Gasteiger partial charge in [-0.25, -0.2) is 9.97 Å². The number of nitrogens with one attached hydrogen (secondary N) is 1. The van der Waals surface area contributed by atoms with E-state index in [1.165, 1.54) is 5.56 Å². The third-order valence-electron chi connectivity index (χ3n) is 5.87. The molecule has 6 heteroatoms. The van der Waals surface area contributed by atoms with Crippen molar-refractivity contribution in [1.82, 2.24) is 9.97 Å². The highest BCUT2D eigenvalue weighted by molar-refractivity contribution is 5.94. The van der Waals surface area contributed by atoms with Crippen LogP contribution in [0.3, 0.4) is 0 Å². The summed E-state index contributed by atoms with van der Waals surface area (Å²) >= 11 is 0. The minimum atomic E-state index is -0.00928. The zero-order chi connectivity index (χ0) is 21.1. The summed E-state index contributed by atoms with van der Waals surface area (Å²) in [6.07, 6.45) is 2.45. The van der Waals surface area contributed by atoms with Crippen molar-refractivity contribution in [3.8, 4) is 5.88 Å². The molecule has 4 rings (SSSR count). The lowest BCUT2D eigenvalue weighted by Gasteiger charge is -2.32. The molecular weight excluding hydrogens is 376 g/mol. The van der Waals surface area contributed by atoms with E-state index < -0.39 is 0 Å². The molecule has 2 aromatic carbocycles. The van der Waals surface area contributed by atoms with Crippen molar-refractivity contribution in [2.45, 2.75) is 33.1 Å². The maximum atomic E-state index is 12.9. The highest BCUT2D eigenvalue weighted by atomic mass is 16.5. The molecule has 0 aliphatic carbocycles. The molecule has 1 aliphatic heterocycles. The fourth-order valence-electron chi connectivity index (χ4n) is 4.10. The van der Waals surface area contributed by atoms with Gasteiger partial charge in [0, 0.05) is 24.7 Å². The van der Waals surface area contributed by atoms with E-state index in [0.29, 0.717) is 5.88 Å². The maximum Gasteiger partial charge on any atom is 0.257 e. The summed E-state index contributed by atoms with van der Waals surface area (Å²) < 4.78 is 5.50. The average molecular weight is 405 g/mol. The number of anilines is 2. The second kappa shape index (κ2) is 8.69. The van der Waals surface area contributed by atoms with Crippen molar-refractivity contribution in [3.05, 3.63) is 53.6 Å². The molecule has 30 heavy (non-hydrogen) atoms. The van der Waals surface area contributed by atoms with E-state index in [4.69, 9.17) is 9.72 Å². The van der Waals surface area contributed by atoms with Crippen LogP contribution in [0.1, 0.15) is 30.9 Å². The van der Waals surface area contributed by atoms with E-state index in [1.54, 1.807) is 7.11 Å². The molecule has 6 nitrogen and oxygen atoms in total. The van der Waals surface area contributed by atoms with Gasteiger partial charge in [-0.15, -0.1) is 0 Å². The van der Waals surface area contributed by atoms with Gasteiger partial charge in [0.2, 0.25) is 5.91 Å². The first kappa shape index (κ1) is 20.1. The molecule has 0 radical (unpaired) electrons. The van der Waals surface area contributed by atoms with Gasteiger partial charge in [-0.05, 0) is 49.4 Å². The molecule has 0 atom stereocenters. The van der Waals surface area contributed by atoms with Crippen LogP contribution in [0, 0.1) is 12.8 Å². The largest absolute Gasteiger partial charge is 0.478 e. The van der Waals surface area contributed by atoms with Crippen LogP contribution in [0.2, 0.25) is 0 Å². The quantitative estimate of drug-likeness (QED) is 0.684. The lowest BCUT2D eigenvalue weighted by molar-refractivity contribution is -0.120. The van der Waals surface area contributed by atoms with E-state index in [0.717, 1.165) is 60.5 Å². The van der Waals surface area contributed by atoms with E-state index >= 15 is 0 Å². The minimum absolute atomic E-state index is 0.00928. The average Bonchev–Trinajstić information content (AvgIpc) is 2.79. The number of carbonyl (C=O) groups is 1. The molecule has 0 bridgehead atoms. The number of benzene rings is 2. The van der Waals surface area contributed by atoms with Gasteiger partial charge in [0.15, 0.2) is 5.82 Å². The first-order valence-electron chi connectivity index (χ1n) is 10.6. The molecular formula is C24H28N4O2. The molecule has 1 N–H and O–H groups in total. The zero-order valence-electron chi connectivity index (χ0n) is 17.8. The summed E-state index contributed by atoms with van der Waals surface area (Å²) in [6.45, 7) is 5.65. The number of amides is 1. The number of hydrogen-bond donors (Lipinski definition) is 1. The van der Waals surface area contributed by atoms with Crippen molar-refractivity contribution in [2.75, 3.05) is 30.4 Å². The normalized spacial score (nSPS) is 14.7. The van der Waals surface area contributed by atoms with Crippen LogP contribution in [0.15, 0.2) is 42.5 Å². The van der Waals surface area contributed by atoms with Gasteiger partial charge in [-0.3, -0.25) is 4.79 Å². The van der Waals surface area contributed by atoms with Gasteiger partial charge in [0.25, 0.3) is 5.88 Å². The van der Waals surface area contributed by atoms with Crippen molar-refractivity contribution < 1.29 is 9.53 Å². The summed E-state index contributed by atoms with van der Waals surface area (Å²) in [6, 6.07) is 14.0. The summed E-state index contributed by atoms with van der Waals surface area (Å²) in [7, 11) is 1.62. The highest BCUT2D eigenvalue weighted by Crippen LogP contribution is 2.31. The van der Waals surface area contributed by atoms with Crippen LogP contribution in [0.5, 0.6) is 5.88 Å². The Kier molecular flexibility index (Phi) is 5.84. The Morgan fingerprint density at radius 3 is 2.47 bits per heavy atom. The molecule has 1 amide bonds. The van der Waals surface area contributed by atoms with E-state index in [-0.39, 0.29) is 11.8 Å². The topological polar surface area (TPSA) is 67.4 Å². The van der Waals surface area contributed by atoms with Crippen LogP contribution in [-0.2, 0) is 11.2 Å². The number of methoxy groups -OCH3 is 1. The van der Waals surface area contributed by atoms with Crippen molar-refractivity contribution in [2.24, 2.45) is 5.92 Å². The van der Waals surface area contributed by atoms with Gasteiger partial charge < -0.3 is 15.0 Å². The monoisotopic (exact) mass is 404 g/mol. The third kappa shape index (κ3) is 3.95. The van der Waals surface area contributed by atoms with Crippen LogP contribution in [0.25, 0.3) is 11.0 Å². The van der Waals surface area contributed by atoms with Crippen LogP contribution >= 0.6 is 0 Å². The molecule has 1 saturated heterocycles. The summed E-state index contributed by atoms with van der Waals surface area (Å²) in [4.78, 5) is 24.5. The van der Waals surface area contributed by atoms with Crippen molar-refractivity contribution in [1.29, 1.82) is 0 Å². The molecule has 0 saturated carbocycles. The van der Waals surface area contributed by atoms with E-state index in [1.807, 2.05) is 43.3 Å². The summed E-state index contributed by atoms with van der Waals surface area (Å²) in [5.41, 5.74) is 4.92. The molecule has 0 unspecified atom stereocenters. The van der Waals surface area contributed by atoms with E-state index in [2.05, 4.69) is 28.2 Å². The number of aromatic nitrogens is 2. The molecule has 0 spiro atoms. The van der Waals surface area contributed by atoms with Crippen LogP contribution in [0.4, 0.5) is 11.5 Å². The smallest absolute Gasteiger partial charge is 0.257 e. The standard InChI is InChI=1S/C24H28N4O2/c1-4-17-9-7-8-16(2)21(17)27-23(29)18-12-14-28(15-13-18)22-24(30-3)26-20-11-6-5-10-19(20)25-22/h5-11,18H,4,12-15H2,1-3H3,(H,27,29). The number of fused-ring (bicyclic) bond motifs is 1. The highest BCUT2D eigenvalue weighted by Gasteiger charge is 2.28. The number of aryl methyl sites for hydroxylation is 2. The number of piperidine rings is 1. The van der Waals surface area contributed by atoms with Crippen LogP contribution in [-0.4, -0.2) is 36.1 Å². The third-order valence-corrected chi connectivity index (χ3v) is 5.87. The second-order valence-electron chi connectivity index (χ2n) is 7.76. The Hall–Kier alpha value is -3.15. The zero-order valence-corrected chi connectivity index (χ0v) is 17.8. The first-order chi connectivity index (χ1) is 14.6. The molecule has 1 fully saturated rings.